The van der Waals surface area contributed by atoms with Crippen molar-refractivity contribution in [1.29, 1.82) is 0 Å². The molecular weight excluding hydrogens is 249 g/mol. The fraction of sp³-hybridized carbons (Fsp3) is 0.364. The van der Waals surface area contributed by atoms with E-state index in [1.54, 1.807) is 0 Å². The van der Waals surface area contributed by atoms with Crippen molar-refractivity contribution in [3.05, 3.63) is 29.3 Å². The van der Waals surface area contributed by atoms with Gasteiger partial charge in [-0.05, 0) is 17.7 Å². The fourth-order valence-electron chi connectivity index (χ4n) is 1.75. The normalized spacial score (nSPS) is 19.3. The highest BCUT2D eigenvalue weighted by Crippen LogP contribution is 2.38. The first-order valence-electron chi connectivity index (χ1n) is 5.13. The molecule has 0 fully saturated rings. The first kappa shape index (κ1) is 12.5. The fourth-order valence-corrected chi connectivity index (χ4v) is 1.75. The summed E-state index contributed by atoms with van der Waals surface area (Å²) in [6, 6.07) is 2.91. The molecule has 1 aromatic carbocycles. The Morgan fingerprint density at radius 3 is 2.67 bits per heavy atom. The van der Waals surface area contributed by atoms with Crippen molar-refractivity contribution in [2.75, 3.05) is 13.7 Å². The number of nitrogens with two attached hydrogens (primary N) is 1. The van der Waals surface area contributed by atoms with E-state index in [0.29, 0.717) is 0 Å². The van der Waals surface area contributed by atoms with Gasteiger partial charge in [-0.3, -0.25) is 0 Å². The second-order valence-corrected chi connectivity index (χ2v) is 3.75. The molecule has 1 heterocycles. The molecular formula is C11H11F3N2O2. The van der Waals surface area contributed by atoms with Crippen LogP contribution in [-0.4, -0.2) is 19.7 Å². The smallest absolute Gasteiger partial charge is 0.416 e. The summed E-state index contributed by atoms with van der Waals surface area (Å²) in [6.07, 6.45) is -4.48. The van der Waals surface area contributed by atoms with Gasteiger partial charge in [0.2, 0.25) is 0 Å². The van der Waals surface area contributed by atoms with Gasteiger partial charge in [0, 0.05) is 0 Å². The van der Waals surface area contributed by atoms with E-state index >= 15 is 0 Å². The predicted octanol–water partition coefficient (Wildman–Crippen LogP) is 2.10. The Morgan fingerprint density at radius 1 is 1.44 bits per heavy atom. The molecule has 0 aromatic heterocycles. The summed E-state index contributed by atoms with van der Waals surface area (Å²) in [5.41, 5.74) is 4.55. The van der Waals surface area contributed by atoms with Gasteiger partial charge in [0.15, 0.2) is 0 Å². The third-order valence-electron chi connectivity index (χ3n) is 2.60. The van der Waals surface area contributed by atoms with Crippen LogP contribution < -0.4 is 10.5 Å². The Balaban J connectivity index is 2.47. The molecule has 1 aromatic rings. The summed E-state index contributed by atoms with van der Waals surface area (Å²) < 4.78 is 48.5. The topological polar surface area (TPSA) is 56.8 Å². The minimum Gasteiger partial charge on any atom is -0.497 e. The van der Waals surface area contributed by atoms with Crippen LogP contribution >= 0.6 is 0 Å². The zero-order chi connectivity index (χ0) is 13.3. The van der Waals surface area contributed by atoms with Gasteiger partial charge >= 0.3 is 6.18 Å². The zero-order valence-electron chi connectivity index (χ0n) is 9.49. The summed E-state index contributed by atoms with van der Waals surface area (Å²) in [5.74, 6) is 0.141. The summed E-state index contributed by atoms with van der Waals surface area (Å²) in [7, 11) is 1.31. The van der Waals surface area contributed by atoms with Gasteiger partial charge in [-0.2, -0.15) is 13.2 Å². The molecule has 0 spiro atoms. The van der Waals surface area contributed by atoms with Crippen molar-refractivity contribution < 1.29 is 22.6 Å². The van der Waals surface area contributed by atoms with Crippen LogP contribution in [0.2, 0.25) is 0 Å². The molecule has 2 rings (SSSR count). The number of aliphatic imine (C=N–C) groups is 1. The van der Waals surface area contributed by atoms with Crippen molar-refractivity contribution >= 4 is 6.02 Å². The second-order valence-electron chi connectivity index (χ2n) is 3.75. The maximum absolute atomic E-state index is 12.9. The van der Waals surface area contributed by atoms with Gasteiger partial charge in [-0.1, -0.05) is 6.07 Å². The van der Waals surface area contributed by atoms with Crippen molar-refractivity contribution in [3.8, 4) is 5.75 Å². The third kappa shape index (κ3) is 2.34. The lowest BCUT2D eigenvalue weighted by atomic mass is 10.0. The predicted molar refractivity (Wildman–Crippen MR) is 58.3 cm³/mol. The van der Waals surface area contributed by atoms with Gasteiger partial charge in [0.25, 0.3) is 6.02 Å². The molecule has 0 saturated carbocycles. The van der Waals surface area contributed by atoms with Crippen molar-refractivity contribution in [2.24, 2.45) is 10.7 Å². The molecule has 0 radical (unpaired) electrons. The zero-order valence-corrected chi connectivity index (χ0v) is 9.49. The van der Waals surface area contributed by atoms with Crippen LogP contribution in [-0.2, 0) is 10.9 Å². The van der Waals surface area contributed by atoms with E-state index in [9.17, 15) is 13.2 Å². The minimum atomic E-state index is -4.48. The number of nitrogens with zero attached hydrogens (tertiary/aromatic N) is 1. The minimum absolute atomic E-state index is 0.0151. The number of methoxy groups -OCH3 is 1. The number of alkyl halides is 3. The number of rotatable bonds is 2. The number of hydrogen-bond donors (Lipinski definition) is 1. The lowest BCUT2D eigenvalue weighted by Gasteiger charge is -2.16. The first-order valence-corrected chi connectivity index (χ1v) is 5.13. The summed E-state index contributed by atoms with van der Waals surface area (Å²) >= 11 is 0. The largest absolute Gasteiger partial charge is 0.497 e. The van der Waals surface area contributed by atoms with Crippen LogP contribution in [0.4, 0.5) is 13.2 Å². The van der Waals surface area contributed by atoms with Crippen LogP contribution in [0.25, 0.3) is 0 Å². The van der Waals surface area contributed by atoms with Crippen molar-refractivity contribution in [1.82, 2.24) is 0 Å². The highest BCUT2D eigenvalue weighted by molar-refractivity contribution is 5.73. The number of ether oxygens (including phenoxy) is 2. The van der Waals surface area contributed by atoms with E-state index in [1.807, 2.05) is 0 Å². The monoisotopic (exact) mass is 260 g/mol. The van der Waals surface area contributed by atoms with E-state index in [4.69, 9.17) is 15.2 Å². The molecule has 0 bridgehead atoms. The molecule has 0 aliphatic carbocycles. The van der Waals surface area contributed by atoms with Crippen LogP contribution in [0.1, 0.15) is 17.2 Å². The summed E-state index contributed by atoms with van der Waals surface area (Å²) in [5, 5.41) is 0. The highest BCUT2D eigenvalue weighted by Gasteiger charge is 2.37. The number of benzene rings is 1. The first-order chi connectivity index (χ1) is 8.41. The van der Waals surface area contributed by atoms with Gasteiger partial charge in [-0.15, -0.1) is 0 Å². The molecule has 1 atom stereocenters. The third-order valence-corrected chi connectivity index (χ3v) is 2.60. The molecule has 2 N–H and O–H groups in total. The van der Waals surface area contributed by atoms with Crippen LogP contribution in [0.5, 0.6) is 5.75 Å². The number of amidine groups is 1. The summed E-state index contributed by atoms with van der Waals surface area (Å²) in [4.78, 5) is 3.82. The van der Waals surface area contributed by atoms with Gasteiger partial charge in [0.1, 0.15) is 18.4 Å². The van der Waals surface area contributed by atoms with E-state index in [1.165, 1.54) is 19.2 Å². The molecule has 1 aliphatic heterocycles. The molecule has 1 aliphatic rings. The average Bonchev–Trinajstić information content (AvgIpc) is 2.74. The Kier molecular flexibility index (Phi) is 3.06. The van der Waals surface area contributed by atoms with E-state index in [0.717, 1.165) is 6.07 Å². The molecule has 18 heavy (non-hydrogen) atoms. The molecule has 98 valence electrons. The maximum Gasteiger partial charge on any atom is 0.416 e. The lowest BCUT2D eigenvalue weighted by Crippen LogP contribution is -2.12. The van der Waals surface area contributed by atoms with Crippen molar-refractivity contribution in [3.63, 3.8) is 0 Å². The molecule has 4 nitrogen and oxygen atoms in total. The molecule has 0 amide bonds. The SMILES string of the molecule is COc1ccc(C2COC(N)=N2)c(C(F)(F)F)c1. The van der Waals surface area contributed by atoms with Crippen LogP contribution in [0.15, 0.2) is 23.2 Å². The molecule has 7 heteroatoms. The Bertz CT molecular complexity index is 486. The van der Waals surface area contributed by atoms with Crippen LogP contribution in [0.3, 0.4) is 0 Å². The average molecular weight is 260 g/mol. The van der Waals surface area contributed by atoms with E-state index < -0.39 is 17.8 Å². The molecule has 0 saturated heterocycles. The standard InChI is InChI=1S/C11H11F3N2O2/c1-17-6-2-3-7(8(4-6)11(12,13)14)9-5-18-10(15)16-9/h2-4,9H,5H2,1H3,(H2,15,16). The second kappa shape index (κ2) is 4.40. The van der Waals surface area contributed by atoms with Gasteiger partial charge in [-0.25, -0.2) is 4.99 Å². The summed E-state index contributed by atoms with van der Waals surface area (Å²) in [6.45, 7) is 0.0151. The van der Waals surface area contributed by atoms with E-state index in [2.05, 4.69) is 4.99 Å². The Morgan fingerprint density at radius 2 is 2.17 bits per heavy atom. The Labute approximate surface area is 101 Å². The number of halogens is 3. The molecule has 1 unspecified atom stereocenters. The van der Waals surface area contributed by atoms with Gasteiger partial charge < -0.3 is 15.2 Å². The van der Waals surface area contributed by atoms with Crippen molar-refractivity contribution in [2.45, 2.75) is 12.2 Å². The van der Waals surface area contributed by atoms with Gasteiger partial charge in [0.05, 0.1) is 12.7 Å². The maximum atomic E-state index is 12.9. The van der Waals surface area contributed by atoms with E-state index in [-0.39, 0.29) is 23.9 Å². The lowest BCUT2D eigenvalue weighted by molar-refractivity contribution is -0.138. The Hall–Kier alpha value is -1.92. The highest BCUT2D eigenvalue weighted by atomic mass is 19.4. The van der Waals surface area contributed by atoms with Crippen LogP contribution in [0, 0.1) is 0 Å². The number of hydrogen-bond acceptors (Lipinski definition) is 4. The quantitative estimate of drug-likeness (QED) is 0.885.